The topological polar surface area (TPSA) is 67.2 Å². The number of carbonyl (C=O) groups is 2. The highest BCUT2D eigenvalue weighted by Gasteiger charge is 2.24. The van der Waals surface area contributed by atoms with Crippen molar-refractivity contribution >= 4 is 40.8 Å². The number of aryl methyl sites for hydroxylation is 1. The molecule has 0 unspecified atom stereocenters. The van der Waals surface area contributed by atoms with Crippen LogP contribution < -0.4 is 5.32 Å². The van der Waals surface area contributed by atoms with E-state index in [9.17, 15) is 9.59 Å². The highest BCUT2D eigenvalue weighted by atomic mass is 35.5. The Balaban J connectivity index is 2.32. The summed E-state index contributed by atoms with van der Waals surface area (Å²) in [4.78, 5) is 24.7. The molecule has 0 radical (unpaired) electrons. The second kappa shape index (κ2) is 8.97. The third-order valence-corrected chi connectivity index (χ3v) is 4.58. The van der Waals surface area contributed by atoms with Crippen LogP contribution in [0.3, 0.4) is 0 Å². The highest BCUT2D eigenvalue weighted by molar-refractivity contribution is 6.53. The SMILES string of the molecule is CCN(CC(=O)Nc1cc(C(C)(C)C)nn1-c1cccc(C)c1)C(=O)C(Cl)Cl. The molecule has 0 aliphatic rings. The third kappa shape index (κ3) is 5.49. The van der Waals surface area contributed by atoms with Gasteiger partial charge in [0.1, 0.15) is 5.82 Å². The average Bonchev–Trinajstić information content (AvgIpc) is 3.03. The number of anilines is 1. The number of likely N-dealkylation sites (N-methyl/N-ethyl adjacent to an activating group) is 1. The van der Waals surface area contributed by atoms with E-state index in [1.807, 2.05) is 37.3 Å². The Morgan fingerprint density at radius 2 is 1.93 bits per heavy atom. The van der Waals surface area contributed by atoms with Crippen LogP contribution in [0.4, 0.5) is 5.82 Å². The first kappa shape index (κ1) is 22.2. The molecular formula is C20H26Cl2N4O2. The summed E-state index contributed by atoms with van der Waals surface area (Å²) in [7, 11) is 0. The van der Waals surface area contributed by atoms with Gasteiger partial charge in [-0.1, -0.05) is 56.1 Å². The van der Waals surface area contributed by atoms with E-state index >= 15 is 0 Å². The number of carbonyl (C=O) groups excluding carboxylic acids is 2. The van der Waals surface area contributed by atoms with Crippen LogP contribution in [0, 0.1) is 6.92 Å². The Bertz CT molecular complexity index is 856. The Kier molecular flexibility index (Phi) is 7.12. The van der Waals surface area contributed by atoms with Crippen LogP contribution in [0.1, 0.15) is 39.0 Å². The summed E-state index contributed by atoms with van der Waals surface area (Å²) in [5.41, 5.74) is 2.58. The first-order valence-corrected chi connectivity index (χ1v) is 9.94. The summed E-state index contributed by atoms with van der Waals surface area (Å²) in [6.07, 6.45) is 0. The fraction of sp³-hybridized carbons (Fsp3) is 0.450. The average molecular weight is 425 g/mol. The lowest BCUT2D eigenvalue weighted by Crippen LogP contribution is -2.40. The van der Waals surface area contributed by atoms with Gasteiger partial charge in [0, 0.05) is 18.0 Å². The van der Waals surface area contributed by atoms with E-state index in [1.54, 1.807) is 11.6 Å². The van der Waals surface area contributed by atoms with Crippen LogP contribution in [0.15, 0.2) is 30.3 Å². The van der Waals surface area contributed by atoms with E-state index in [0.29, 0.717) is 12.4 Å². The molecule has 8 heteroatoms. The molecule has 0 atom stereocenters. The second-order valence-electron chi connectivity index (χ2n) is 7.62. The molecule has 1 heterocycles. The van der Waals surface area contributed by atoms with Crippen molar-refractivity contribution in [1.82, 2.24) is 14.7 Å². The lowest BCUT2D eigenvalue weighted by atomic mass is 9.92. The predicted molar refractivity (Wildman–Crippen MR) is 113 cm³/mol. The zero-order valence-electron chi connectivity index (χ0n) is 16.8. The maximum Gasteiger partial charge on any atom is 0.256 e. The predicted octanol–water partition coefficient (Wildman–Crippen LogP) is 4.07. The number of benzene rings is 1. The molecule has 0 aliphatic heterocycles. The number of halogens is 2. The van der Waals surface area contributed by atoms with Crippen LogP contribution in [0.25, 0.3) is 5.69 Å². The van der Waals surface area contributed by atoms with Gasteiger partial charge in [-0.3, -0.25) is 9.59 Å². The molecule has 0 aliphatic carbocycles. The van der Waals surface area contributed by atoms with Gasteiger partial charge in [-0.15, -0.1) is 0 Å². The van der Waals surface area contributed by atoms with Gasteiger partial charge in [0.25, 0.3) is 5.91 Å². The molecule has 2 amide bonds. The summed E-state index contributed by atoms with van der Waals surface area (Å²) in [6, 6.07) is 9.70. The van der Waals surface area contributed by atoms with Gasteiger partial charge in [0.15, 0.2) is 4.84 Å². The van der Waals surface area contributed by atoms with Gasteiger partial charge in [-0.05, 0) is 31.5 Å². The zero-order chi connectivity index (χ0) is 21.1. The van der Waals surface area contributed by atoms with Gasteiger partial charge in [0.2, 0.25) is 5.91 Å². The van der Waals surface area contributed by atoms with Crippen molar-refractivity contribution in [3.8, 4) is 5.69 Å². The molecule has 2 rings (SSSR count). The number of amides is 2. The summed E-state index contributed by atoms with van der Waals surface area (Å²) < 4.78 is 1.70. The fourth-order valence-corrected chi connectivity index (χ4v) is 2.91. The monoisotopic (exact) mass is 424 g/mol. The van der Waals surface area contributed by atoms with Crippen LogP contribution >= 0.6 is 23.2 Å². The third-order valence-electron chi connectivity index (χ3n) is 4.21. The second-order valence-corrected chi connectivity index (χ2v) is 8.71. The molecule has 0 fully saturated rings. The molecule has 28 heavy (non-hydrogen) atoms. The van der Waals surface area contributed by atoms with Crippen LogP contribution in [-0.2, 0) is 15.0 Å². The van der Waals surface area contributed by atoms with Crippen LogP contribution in [-0.4, -0.2) is 44.4 Å². The fourth-order valence-electron chi connectivity index (χ4n) is 2.63. The van der Waals surface area contributed by atoms with Crippen molar-refractivity contribution in [2.45, 2.75) is 44.9 Å². The summed E-state index contributed by atoms with van der Waals surface area (Å²) in [5, 5.41) is 7.55. The van der Waals surface area contributed by atoms with Gasteiger partial charge < -0.3 is 10.2 Å². The molecule has 0 spiro atoms. The quantitative estimate of drug-likeness (QED) is 0.710. The van der Waals surface area contributed by atoms with Gasteiger partial charge in [0.05, 0.1) is 17.9 Å². The number of aromatic nitrogens is 2. The van der Waals surface area contributed by atoms with Crippen molar-refractivity contribution in [3.05, 3.63) is 41.6 Å². The van der Waals surface area contributed by atoms with Crippen molar-refractivity contribution < 1.29 is 9.59 Å². The molecule has 152 valence electrons. The highest BCUT2D eigenvalue weighted by Crippen LogP contribution is 2.26. The zero-order valence-corrected chi connectivity index (χ0v) is 18.3. The van der Waals surface area contributed by atoms with Gasteiger partial charge in [-0.25, -0.2) is 4.68 Å². The first-order chi connectivity index (χ1) is 13.0. The van der Waals surface area contributed by atoms with Crippen molar-refractivity contribution in [2.24, 2.45) is 0 Å². The minimum Gasteiger partial charge on any atom is -0.331 e. The molecule has 1 aromatic heterocycles. The number of alkyl halides is 2. The van der Waals surface area contributed by atoms with Crippen molar-refractivity contribution in [3.63, 3.8) is 0 Å². The summed E-state index contributed by atoms with van der Waals surface area (Å²) >= 11 is 11.3. The van der Waals surface area contributed by atoms with E-state index in [-0.39, 0.29) is 17.9 Å². The molecule has 2 aromatic rings. The van der Waals surface area contributed by atoms with E-state index in [0.717, 1.165) is 16.9 Å². The van der Waals surface area contributed by atoms with Crippen LogP contribution in [0.2, 0.25) is 0 Å². The van der Waals surface area contributed by atoms with E-state index in [1.165, 1.54) is 4.90 Å². The van der Waals surface area contributed by atoms with Gasteiger partial charge >= 0.3 is 0 Å². The van der Waals surface area contributed by atoms with Gasteiger partial charge in [-0.2, -0.15) is 5.10 Å². The standard InChI is InChI=1S/C20H26Cl2N4O2/c1-6-25(19(28)18(21)22)12-17(27)23-16-11-15(20(3,4)5)24-26(16)14-9-7-8-13(2)10-14/h7-11,18H,6,12H2,1-5H3,(H,23,27). The summed E-state index contributed by atoms with van der Waals surface area (Å²) in [5.74, 6) is -0.306. The minimum atomic E-state index is -1.20. The summed E-state index contributed by atoms with van der Waals surface area (Å²) in [6.45, 7) is 10.1. The van der Waals surface area contributed by atoms with Crippen molar-refractivity contribution in [1.29, 1.82) is 0 Å². The lowest BCUT2D eigenvalue weighted by molar-refractivity contribution is -0.132. The Morgan fingerprint density at radius 1 is 1.25 bits per heavy atom. The number of nitrogens with zero attached hydrogens (tertiary/aromatic N) is 3. The van der Waals surface area contributed by atoms with Crippen molar-refractivity contribution in [2.75, 3.05) is 18.4 Å². The first-order valence-electron chi connectivity index (χ1n) is 9.07. The number of rotatable bonds is 6. The molecule has 1 aromatic carbocycles. The van der Waals surface area contributed by atoms with E-state index in [4.69, 9.17) is 23.2 Å². The maximum absolute atomic E-state index is 12.6. The molecular weight excluding hydrogens is 399 g/mol. The largest absolute Gasteiger partial charge is 0.331 e. The number of hydrogen-bond acceptors (Lipinski definition) is 3. The van der Waals surface area contributed by atoms with E-state index < -0.39 is 10.7 Å². The Hall–Kier alpha value is -2.05. The molecule has 1 N–H and O–H groups in total. The molecule has 0 bridgehead atoms. The maximum atomic E-state index is 12.6. The minimum absolute atomic E-state index is 0.144. The number of hydrogen-bond donors (Lipinski definition) is 1. The smallest absolute Gasteiger partial charge is 0.256 e. The Morgan fingerprint density at radius 3 is 2.46 bits per heavy atom. The van der Waals surface area contributed by atoms with Crippen LogP contribution in [0.5, 0.6) is 0 Å². The van der Waals surface area contributed by atoms with E-state index in [2.05, 4.69) is 31.2 Å². The Labute approximate surface area is 175 Å². The molecule has 6 nitrogen and oxygen atoms in total. The lowest BCUT2D eigenvalue weighted by Gasteiger charge is -2.20. The normalized spacial score (nSPS) is 11.6. The molecule has 0 saturated carbocycles. The number of nitrogens with one attached hydrogen (secondary N) is 1. The molecule has 0 saturated heterocycles.